The number of H-pyrrole nitrogens is 1. The van der Waals surface area contributed by atoms with Crippen molar-refractivity contribution in [3.63, 3.8) is 0 Å². The van der Waals surface area contributed by atoms with Crippen molar-refractivity contribution in [1.82, 2.24) is 19.8 Å². The van der Waals surface area contributed by atoms with Crippen LogP contribution >= 0.6 is 0 Å². The first kappa shape index (κ1) is 22.3. The minimum atomic E-state index is -0.267. The monoisotopic (exact) mass is 432 g/mol. The lowest BCUT2D eigenvalue weighted by molar-refractivity contribution is 0.0580. The number of rotatable bonds is 5. The highest BCUT2D eigenvalue weighted by molar-refractivity contribution is 6.04. The number of nitriles is 1. The average Bonchev–Trinajstić information content (AvgIpc) is 3.30. The number of nitrogens with one attached hydrogen (secondary N) is 2. The molecule has 1 aliphatic carbocycles. The predicted molar refractivity (Wildman–Crippen MR) is 126 cm³/mol. The number of aromatic amines is 1. The summed E-state index contributed by atoms with van der Waals surface area (Å²) in [5, 5.41) is 12.1. The van der Waals surface area contributed by atoms with E-state index in [1.807, 2.05) is 18.2 Å². The molecule has 4 rings (SSSR count). The van der Waals surface area contributed by atoms with Crippen LogP contribution in [0, 0.1) is 11.3 Å². The molecule has 32 heavy (non-hydrogen) atoms. The smallest absolute Gasteiger partial charge is 0.272 e. The highest BCUT2D eigenvalue weighted by Crippen LogP contribution is 2.34. The third-order valence-corrected chi connectivity index (χ3v) is 6.72. The van der Waals surface area contributed by atoms with Gasteiger partial charge in [0.05, 0.1) is 28.2 Å². The summed E-state index contributed by atoms with van der Waals surface area (Å²) < 4.78 is 0. The van der Waals surface area contributed by atoms with Crippen molar-refractivity contribution in [1.29, 1.82) is 5.26 Å². The molecule has 0 atom stereocenters. The van der Waals surface area contributed by atoms with Crippen LogP contribution in [0.15, 0.2) is 30.5 Å². The van der Waals surface area contributed by atoms with Crippen molar-refractivity contribution in [3.8, 4) is 6.07 Å². The maximum absolute atomic E-state index is 12.8. The SMILES string of the molecule is CN1CCN(C(C)(C)c2ccc(NC(=O)c3cc(C#N)c[nH]3)c(C3=CCCCC3)n2)CC1. The van der Waals surface area contributed by atoms with Crippen molar-refractivity contribution in [2.45, 2.75) is 45.1 Å². The second-order valence-corrected chi connectivity index (χ2v) is 9.29. The van der Waals surface area contributed by atoms with Crippen molar-refractivity contribution >= 4 is 17.2 Å². The van der Waals surface area contributed by atoms with Crippen LogP contribution in [0.2, 0.25) is 0 Å². The molecule has 0 radical (unpaired) electrons. The van der Waals surface area contributed by atoms with E-state index in [0.29, 0.717) is 16.9 Å². The first-order chi connectivity index (χ1) is 15.4. The number of nitrogens with zero attached hydrogens (tertiary/aromatic N) is 4. The Morgan fingerprint density at radius 2 is 2.00 bits per heavy atom. The van der Waals surface area contributed by atoms with Crippen LogP contribution in [0.4, 0.5) is 5.69 Å². The first-order valence-corrected chi connectivity index (χ1v) is 11.4. The summed E-state index contributed by atoms with van der Waals surface area (Å²) in [4.78, 5) is 25.7. The molecule has 1 aliphatic heterocycles. The molecule has 1 fully saturated rings. The van der Waals surface area contributed by atoms with Gasteiger partial charge in [0, 0.05) is 32.4 Å². The molecule has 3 heterocycles. The van der Waals surface area contributed by atoms with Gasteiger partial charge in [-0.1, -0.05) is 6.08 Å². The van der Waals surface area contributed by atoms with E-state index in [2.05, 4.69) is 47.1 Å². The Morgan fingerprint density at radius 1 is 1.22 bits per heavy atom. The summed E-state index contributed by atoms with van der Waals surface area (Å²) in [7, 11) is 2.16. The average molecular weight is 433 g/mol. The molecule has 1 amide bonds. The molecule has 2 N–H and O–H groups in total. The Labute approximate surface area is 190 Å². The third-order valence-electron chi connectivity index (χ3n) is 6.72. The number of hydrogen-bond donors (Lipinski definition) is 2. The topological polar surface area (TPSA) is 88.0 Å². The second-order valence-electron chi connectivity index (χ2n) is 9.29. The van der Waals surface area contributed by atoms with E-state index in [0.717, 1.165) is 56.8 Å². The minimum Gasteiger partial charge on any atom is -0.356 e. The molecule has 2 aromatic rings. The van der Waals surface area contributed by atoms with E-state index in [4.69, 9.17) is 10.2 Å². The fraction of sp³-hybridized carbons (Fsp3) is 0.480. The number of aromatic nitrogens is 2. The van der Waals surface area contributed by atoms with Crippen LogP contribution in [0.3, 0.4) is 0 Å². The van der Waals surface area contributed by atoms with Gasteiger partial charge in [0.1, 0.15) is 11.8 Å². The highest BCUT2D eigenvalue weighted by atomic mass is 16.1. The number of allylic oxidation sites excluding steroid dienone is 2. The number of carbonyl (C=O) groups is 1. The Bertz CT molecular complexity index is 1050. The number of likely N-dealkylation sites (N-methyl/N-ethyl adjacent to an activating group) is 1. The zero-order valence-electron chi connectivity index (χ0n) is 19.2. The maximum atomic E-state index is 12.8. The fourth-order valence-corrected chi connectivity index (χ4v) is 4.51. The molecular formula is C25H32N6O. The van der Waals surface area contributed by atoms with Gasteiger partial charge in [-0.25, -0.2) is 4.98 Å². The molecule has 0 saturated carbocycles. The Kier molecular flexibility index (Phi) is 6.45. The molecule has 0 bridgehead atoms. The summed E-state index contributed by atoms with van der Waals surface area (Å²) in [6, 6.07) is 7.63. The molecule has 2 aliphatic rings. The van der Waals surface area contributed by atoms with Crippen LogP contribution in [0.5, 0.6) is 0 Å². The largest absolute Gasteiger partial charge is 0.356 e. The van der Waals surface area contributed by atoms with Gasteiger partial charge in [-0.05, 0) is 70.4 Å². The molecule has 7 nitrogen and oxygen atoms in total. The van der Waals surface area contributed by atoms with Crippen molar-refractivity contribution in [3.05, 3.63) is 53.1 Å². The van der Waals surface area contributed by atoms with Crippen LogP contribution in [-0.2, 0) is 5.54 Å². The van der Waals surface area contributed by atoms with Crippen molar-refractivity contribution in [2.24, 2.45) is 0 Å². The maximum Gasteiger partial charge on any atom is 0.272 e. The van der Waals surface area contributed by atoms with Crippen LogP contribution < -0.4 is 5.32 Å². The Balaban J connectivity index is 1.65. The molecular weight excluding hydrogens is 400 g/mol. The number of piperazine rings is 1. The van der Waals surface area contributed by atoms with Gasteiger partial charge in [-0.2, -0.15) is 5.26 Å². The van der Waals surface area contributed by atoms with Crippen molar-refractivity contribution < 1.29 is 4.79 Å². The molecule has 0 spiro atoms. The molecule has 1 saturated heterocycles. The standard InChI is InChI=1S/C25H32N6O/c1-25(2,31-13-11-30(3)12-14-31)22-10-9-20(23(29-22)19-7-5-4-6-8-19)28-24(32)21-15-18(16-26)17-27-21/h7,9-10,15,17,27H,4-6,8,11-14H2,1-3H3,(H,28,32). The van der Waals surface area contributed by atoms with Gasteiger partial charge in [-0.15, -0.1) is 0 Å². The van der Waals surface area contributed by atoms with E-state index in [1.165, 1.54) is 12.0 Å². The minimum absolute atomic E-state index is 0.199. The molecule has 0 aromatic carbocycles. The summed E-state index contributed by atoms with van der Waals surface area (Å²) in [5.74, 6) is -0.267. The Morgan fingerprint density at radius 3 is 2.66 bits per heavy atom. The van der Waals surface area contributed by atoms with E-state index in [1.54, 1.807) is 12.3 Å². The van der Waals surface area contributed by atoms with Gasteiger partial charge in [0.15, 0.2) is 0 Å². The quantitative estimate of drug-likeness (QED) is 0.746. The zero-order chi connectivity index (χ0) is 22.7. The van der Waals surface area contributed by atoms with E-state index >= 15 is 0 Å². The van der Waals surface area contributed by atoms with E-state index in [9.17, 15) is 4.79 Å². The number of amides is 1. The number of pyridine rings is 1. The lowest BCUT2D eigenvalue weighted by Crippen LogP contribution is -2.52. The van der Waals surface area contributed by atoms with Gasteiger partial charge in [-0.3, -0.25) is 9.69 Å². The number of hydrogen-bond acceptors (Lipinski definition) is 5. The number of anilines is 1. The van der Waals surface area contributed by atoms with Gasteiger partial charge < -0.3 is 15.2 Å². The third kappa shape index (κ3) is 4.62. The van der Waals surface area contributed by atoms with Gasteiger partial charge in [0.2, 0.25) is 0 Å². The van der Waals surface area contributed by atoms with Crippen LogP contribution in [0.25, 0.3) is 5.57 Å². The summed E-state index contributed by atoms with van der Waals surface area (Å²) in [6.07, 6.45) is 8.14. The van der Waals surface area contributed by atoms with E-state index in [-0.39, 0.29) is 11.4 Å². The lowest BCUT2D eigenvalue weighted by atomic mass is 9.92. The van der Waals surface area contributed by atoms with Crippen molar-refractivity contribution in [2.75, 3.05) is 38.5 Å². The molecule has 168 valence electrons. The lowest BCUT2D eigenvalue weighted by Gasteiger charge is -2.43. The molecule has 7 heteroatoms. The first-order valence-electron chi connectivity index (χ1n) is 11.4. The predicted octanol–water partition coefficient (Wildman–Crippen LogP) is 3.97. The molecule has 0 unspecified atom stereocenters. The molecule has 2 aromatic heterocycles. The summed E-state index contributed by atoms with van der Waals surface area (Å²) >= 11 is 0. The summed E-state index contributed by atoms with van der Waals surface area (Å²) in [6.45, 7) is 8.60. The van der Waals surface area contributed by atoms with Gasteiger partial charge >= 0.3 is 0 Å². The van der Waals surface area contributed by atoms with Gasteiger partial charge in [0.25, 0.3) is 5.91 Å². The Hall–Kier alpha value is -2.95. The van der Waals surface area contributed by atoms with E-state index < -0.39 is 0 Å². The van der Waals surface area contributed by atoms with Crippen LogP contribution in [0.1, 0.15) is 67.0 Å². The van der Waals surface area contributed by atoms with Crippen LogP contribution in [-0.4, -0.2) is 58.9 Å². The second kappa shape index (κ2) is 9.27. The number of carbonyl (C=O) groups excluding carboxylic acids is 1. The normalized spacial score (nSPS) is 18.1. The zero-order valence-corrected chi connectivity index (χ0v) is 19.2. The summed E-state index contributed by atoms with van der Waals surface area (Å²) in [5.41, 5.74) is 4.41. The fourth-order valence-electron chi connectivity index (χ4n) is 4.51. The highest BCUT2D eigenvalue weighted by Gasteiger charge is 2.33.